The molecule has 0 aliphatic rings. The van der Waals surface area contributed by atoms with Gasteiger partial charge in [0.2, 0.25) is 0 Å². The highest BCUT2D eigenvalue weighted by Gasteiger charge is 2.20. The summed E-state index contributed by atoms with van der Waals surface area (Å²) in [4.78, 5) is 11.8. The summed E-state index contributed by atoms with van der Waals surface area (Å²) >= 11 is 17.4. The molecule has 2 N–H and O–H groups in total. The van der Waals surface area contributed by atoms with Crippen molar-refractivity contribution in [1.82, 2.24) is 5.32 Å². The maximum absolute atomic E-state index is 11.8. The van der Waals surface area contributed by atoms with Crippen LogP contribution in [0.25, 0.3) is 0 Å². The quantitative estimate of drug-likeness (QED) is 0.835. The predicted octanol–water partition coefficient (Wildman–Crippen LogP) is 3.74. The van der Waals surface area contributed by atoms with E-state index in [0.29, 0.717) is 6.54 Å². The minimum atomic E-state index is -0.495. The van der Waals surface area contributed by atoms with Gasteiger partial charge in [0.05, 0.1) is 15.1 Å². The molecule has 0 fully saturated rings. The van der Waals surface area contributed by atoms with Gasteiger partial charge in [-0.05, 0) is 12.0 Å². The van der Waals surface area contributed by atoms with Crippen LogP contribution in [-0.2, 0) is 0 Å². The molecule has 0 heterocycles. The summed E-state index contributed by atoms with van der Waals surface area (Å²) in [5.74, 6) is -0.567. The van der Waals surface area contributed by atoms with Gasteiger partial charge >= 0.3 is 0 Å². The van der Waals surface area contributed by atoms with Crippen molar-refractivity contribution < 1.29 is 9.90 Å². The second kappa shape index (κ2) is 5.80. The van der Waals surface area contributed by atoms with E-state index in [-0.39, 0.29) is 32.3 Å². The van der Waals surface area contributed by atoms with Crippen LogP contribution in [0.15, 0.2) is 6.07 Å². The number of carbonyl (C=O) groups is 1. The summed E-state index contributed by atoms with van der Waals surface area (Å²) in [6, 6.07) is 1.29. The molecule has 0 bridgehead atoms. The average molecular weight is 297 g/mol. The molecule has 0 unspecified atom stereocenters. The van der Waals surface area contributed by atoms with Crippen molar-refractivity contribution in [3.63, 3.8) is 0 Å². The SMILES string of the molecule is CC(C)CNC(=O)c1c(O)c(Cl)cc(Cl)c1Cl. The van der Waals surface area contributed by atoms with Crippen LogP contribution in [-0.4, -0.2) is 17.6 Å². The molecule has 0 aromatic heterocycles. The van der Waals surface area contributed by atoms with Crippen molar-refractivity contribution in [2.24, 2.45) is 5.92 Å². The van der Waals surface area contributed by atoms with E-state index in [1.54, 1.807) is 0 Å². The van der Waals surface area contributed by atoms with Crippen molar-refractivity contribution in [1.29, 1.82) is 0 Å². The van der Waals surface area contributed by atoms with Gasteiger partial charge in [-0.25, -0.2) is 0 Å². The molecule has 17 heavy (non-hydrogen) atoms. The highest BCUT2D eigenvalue weighted by Crippen LogP contribution is 2.38. The molecule has 0 saturated heterocycles. The third kappa shape index (κ3) is 3.41. The Morgan fingerprint density at radius 2 is 1.94 bits per heavy atom. The van der Waals surface area contributed by atoms with Crippen LogP contribution in [0.4, 0.5) is 0 Å². The van der Waals surface area contributed by atoms with Crippen molar-refractivity contribution in [3.8, 4) is 5.75 Å². The summed E-state index contributed by atoms with van der Waals surface area (Å²) in [6.45, 7) is 4.37. The molecule has 1 aromatic rings. The molecule has 6 heteroatoms. The Kier molecular flexibility index (Phi) is 4.92. The van der Waals surface area contributed by atoms with Crippen molar-refractivity contribution >= 4 is 40.7 Å². The Labute approximate surface area is 115 Å². The van der Waals surface area contributed by atoms with Gasteiger partial charge in [-0.1, -0.05) is 48.7 Å². The van der Waals surface area contributed by atoms with Crippen molar-refractivity contribution in [3.05, 3.63) is 26.7 Å². The van der Waals surface area contributed by atoms with E-state index >= 15 is 0 Å². The van der Waals surface area contributed by atoms with Crippen LogP contribution in [0.2, 0.25) is 15.1 Å². The fourth-order valence-corrected chi connectivity index (χ4v) is 1.87. The number of hydrogen-bond donors (Lipinski definition) is 2. The van der Waals surface area contributed by atoms with Gasteiger partial charge in [-0.3, -0.25) is 4.79 Å². The zero-order valence-corrected chi connectivity index (χ0v) is 11.6. The monoisotopic (exact) mass is 295 g/mol. The molecular weight excluding hydrogens is 284 g/mol. The Bertz CT molecular complexity index is 421. The fraction of sp³-hybridized carbons (Fsp3) is 0.364. The van der Waals surface area contributed by atoms with E-state index in [9.17, 15) is 9.90 Å². The van der Waals surface area contributed by atoms with Gasteiger partial charge in [0, 0.05) is 6.54 Å². The number of nitrogens with one attached hydrogen (secondary N) is 1. The smallest absolute Gasteiger partial charge is 0.256 e. The third-order valence-corrected chi connectivity index (χ3v) is 3.12. The zero-order valence-electron chi connectivity index (χ0n) is 9.35. The van der Waals surface area contributed by atoms with Gasteiger partial charge in [0.1, 0.15) is 11.3 Å². The summed E-state index contributed by atoms with van der Waals surface area (Å²) in [7, 11) is 0. The van der Waals surface area contributed by atoms with Gasteiger partial charge in [0.25, 0.3) is 5.91 Å². The largest absolute Gasteiger partial charge is 0.505 e. The van der Waals surface area contributed by atoms with Crippen LogP contribution in [0.1, 0.15) is 24.2 Å². The number of phenols is 1. The first kappa shape index (κ1) is 14.4. The second-order valence-corrected chi connectivity index (χ2v) is 5.17. The number of hydrogen-bond acceptors (Lipinski definition) is 2. The minimum absolute atomic E-state index is 0.00479. The Balaban J connectivity index is 3.08. The lowest BCUT2D eigenvalue weighted by atomic mass is 10.1. The van der Waals surface area contributed by atoms with E-state index in [2.05, 4.69) is 5.32 Å². The Morgan fingerprint density at radius 3 is 2.47 bits per heavy atom. The highest BCUT2D eigenvalue weighted by atomic mass is 35.5. The number of benzene rings is 1. The molecule has 0 radical (unpaired) electrons. The van der Waals surface area contributed by atoms with E-state index in [4.69, 9.17) is 34.8 Å². The minimum Gasteiger partial charge on any atom is -0.505 e. The predicted molar refractivity (Wildman–Crippen MR) is 70.3 cm³/mol. The Morgan fingerprint density at radius 1 is 1.35 bits per heavy atom. The van der Waals surface area contributed by atoms with Crippen LogP contribution >= 0.6 is 34.8 Å². The average Bonchev–Trinajstić information content (AvgIpc) is 2.24. The van der Waals surface area contributed by atoms with Gasteiger partial charge < -0.3 is 10.4 Å². The van der Waals surface area contributed by atoms with Gasteiger partial charge in [-0.15, -0.1) is 0 Å². The lowest BCUT2D eigenvalue weighted by Crippen LogP contribution is -2.27. The van der Waals surface area contributed by atoms with E-state index in [1.165, 1.54) is 6.07 Å². The maximum Gasteiger partial charge on any atom is 0.256 e. The number of aromatic hydroxyl groups is 1. The molecule has 0 spiro atoms. The molecule has 94 valence electrons. The third-order valence-electron chi connectivity index (χ3n) is 2.04. The van der Waals surface area contributed by atoms with E-state index in [0.717, 1.165) is 0 Å². The van der Waals surface area contributed by atoms with Crippen LogP contribution < -0.4 is 5.32 Å². The molecule has 0 aliphatic heterocycles. The van der Waals surface area contributed by atoms with Crippen molar-refractivity contribution in [2.45, 2.75) is 13.8 Å². The van der Waals surface area contributed by atoms with Crippen LogP contribution in [0.3, 0.4) is 0 Å². The van der Waals surface area contributed by atoms with Gasteiger partial charge in [-0.2, -0.15) is 0 Å². The number of phenolic OH excluding ortho intramolecular Hbond substituents is 1. The molecule has 1 aromatic carbocycles. The number of carbonyl (C=O) groups excluding carboxylic acids is 1. The fourth-order valence-electron chi connectivity index (χ4n) is 1.18. The second-order valence-electron chi connectivity index (χ2n) is 3.98. The number of amides is 1. The maximum atomic E-state index is 11.8. The number of rotatable bonds is 3. The standard InChI is InChI=1S/C11H12Cl3NO2/c1-5(2)4-15-11(17)8-9(14)6(12)3-7(13)10(8)16/h3,5,16H,4H2,1-2H3,(H,15,17). The molecule has 3 nitrogen and oxygen atoms in total. The molecule has 0 atom stereocenters. The molecular formula is C11H12Cl3NO2. The lowest BCUT2D eigenvalue weighted by molar-refractivity contribution is 0.0946. The first-order valence-electron chi connectivity index (χ1n) is 4.99. The van der Waals surface area contributed by atoms with Crippen LogP contribution in [0.5, 0.6) is 5.75 Å². The molecule has 1 amide bonds. The van der Waals surface area contributed by atoms with E-state index < -0.39 is 5.91 Å². The summed E-state index contributed by atoms with van der Waals surface area (Å²) in [5.41, 5.74) is -0.0928. The normalized spacial score (nSPS) is 10.7. The lowest BCUT2D eigenvalue weighted by Gasteiger charge is -2.12. The molecule has 0 saturated carbocycles. The highest BCUT2D eigenvalue weighted by molar-refractivity contribution is 6.45. The first-order chi connectivity index (χ1) is 7.84. The van der Waals surface area contributed by atoms with Gasteiger partial charge in [0.15, 0.2) is 0 Å². The van der Waals surface area contributed by atoms with E-state index in [1.807, 2.05) is 13.8 Å². The molecule has 1 rings (SSSR count). The molecule has 0 aliphatic carbocycles. The zero-order chi connectivity index (χ0) is 13.2. The summed E-state index contributed by atoms with van der Waals surface area (Å²) < 4.78 is 0. The number of halogens is 3. The van der Waals surface area contributed by atoms with Crippen LogP contribution in [0, 0.1) is 5.92 Å². The van der Waals surface area contributed by atoms with Crippen molar-refractivity contribution in [2.75, 3.05) is 6.54 Å². The Hall–Kier alpha value is -0.640. The first-order valence-corrected chi connectivity index (χ1v) is 6.12. The summed E-state index contributed by atoms with van der Waals surface area (Å²) in [5, 5.41) is 12.5. The topological polar surface area (TPSA) is 49.3 Å². The summed E-state index contributed by atoms with van der Waals surface area (Å²) in [6.07, 6.45) is 0.